The van der Waals surface area contributed by atoms with E-state index in [0.29, 0.717) is 5.75 Å². The number of phenols is 1. The van der Waals surface area contributed by atoms with E-state index in [4.69, 9.17) is 0 Å². The van der Waals surface area contributed by atoms with Crippen LogP contribution in [0.4, 0.5) is 0 Å². The van der Waals surface area contributed by atoms with Gasteiger partial charge in [-0.05, 0) is 52.8 Å². The second-order valence-electron chi connectivity index (χ2n) is 5.74. The van der Waals surface area contributed by atoms with E-state index in [2.05, 4.69) is 30.3 Å². The van der Waals surface area contributed by atoms with Crippen molar-refractivity contribution in [2.45, 2.75) is 46.7 Å². The predicted molar refractivity (Wildman–Crippen MR) is 85.6 cm³/mol. The first-order valence-electron chi connectivity index (χ1n) is 7.51. The largest absolute Gasteiger partial charge is 0.508 e. The van der Waals surface area contributed by atoms with Crippen molar-refractivity contribution in [1.82, 2.24) is 15.1 Å². The van der Waals surface area contributed by atoms with E-state index in [1.165, 1.54) is 11.3 Å². The molecule has 0 bridgehead atoms. The lowest BCUT2D eigenvalue weighted by Crippen LogP contribution is -2.21. The van der Waals surface area contributed by atoms with E-state index in [0.717, 1.165) is 30.8 Å². The number of nitrogens with one attached hydrogen (secondary N) is 1. The zero-order chi connectivity index (χ0) is 15.4. The van der Waals surface area contributed by atoms with Crippen molar-refractivity contribution >= 4 is 0 Å². The molecule has 114 valence electrons. The minimum absolute atomic E-state index is 0.144. The zero-order valence-corrected chi connectivity index (χ0v) is 13.3. The number of benzene rings is 1. The number of hydrogen-bond acceptors (Lipinski definition) is 3. The molecule has 0 aliphatic rings. The van der Waals surface area contributed by atoms with Gasteiger partial charge < -0.3 is 10.4 Å². The van der Waals surface area contributed by atoms with Gasteiger partial charge in [0.05, 0.1) is 5.69 Å². The van der Waals surface area contributed by atoms with E-state index < -0.39 is 0 Å². The Bertz CT molecular complexity index is 604. The van der Waals surface area contributed by atoms with E-state index >= 15 is 0 Å². The average Bonchev–Trinajstić information content (AvgIpc) is 2.75. The lowest BCUT2D eigenvalue weighted by Gasteiger charge is -2.16. The number of aryl methyl sites for hydroxylation is 4. The smallest absolute Gasteiger partial charge is 0.120 e. The summed E-state index contributed by atoms with van der Waals surface area (Å²) in [7, 11) is 0. The van der Waals surface area contributed by atoms with Gasteiger partial charge in [-0.3, -0.25) is 4.68 Å². The summed E-state index contributed by atoms with van der Waals surface area (Å²) in [6.07, 6.45) is 1.01. The van der Waals surface area contributed by atoms with Crippen LogP contribution in [0.5, 0.6) is 5.75 Å². The molecule has 0 saturated heterocycles. The summed E-state index contributed by atoms with van der Waals surface area (Å²) in [4.78, 5) is 0. The molecule has 2 rings (SSSR count). The van der Waals surface area contributed by atoms with Crippen LogP contribution in [-0.2, 0) is 6.54 Å². The number of hydrogen-bond donors (Lipinski definition) is 2. The lowest BCUT2D eigenvalue weighted by molar-refractivity contribution is 0.446. The zero-order valence-electron chi connectivity index (χ0n) is 13.3. The summed E-state index contributed by atoms with van der Waals surface area (Å²) in [5.41, 5.74) is 4.40. The van der Waals surface area contributed by atoms with Crippen molar-refractivity contribution < 1.29 is 5.11 Å². The second kappa shape index (κ2) is 6.76. The molecule has 21 heavy (non-hydrogen) atoms. The van der Waals surface area contributed by atoms with Crippen LogP contribution in [-0.4, -0.2) is 21.4 Å². The van der Waals surface area contributed by atoms with Gasteiger partial charge in [0.1, 0.15) is 5.75 Å². The molecule has 0 aliphatic heterocycles. The van der Waals surface area contributed by atoms with Gasteiger partial charge in [-0.1, -0.05) is 17.7 Å². The van der Waals surface area contributed by atoms with Crippen LogP contribution >= 0.6 is 0 Å². The highest BCUT2D eigenvalue weighted by Gasteiger charge is 2.09. The Kier molecular flexibility index (Phi) is 5.02. The minimum Gasteiger partial charge on any atom is -0.508 e. The fourth-order valence-electron chi connectivity index (χ4n) is 2.58. The normalized spacial score (nSPS) is 12.6. The first-order chi connectivity index (χ1) is 9.97. The van der Waals surface area contributed by atoms with Gasteiger partial charge >= 0.3 is 0 Å². The summed E-state index contributed by atoms with van der Waals surface area (Å²) >= 11 is 0. The quantitative estimate of drug-likeness (QED) is 0.802. The van der Waals surface area contributed by atoms with Crippen LogP contribution in [0.25, 0.3) is 0 Å². The molecule has 0 fully saturated rings. The standard InChI is InChI=1S/C17H25N3O/c1-12-6-7-17(21)16(10-12)15(4)18-8-5-9-20-14(3)11-13(2)19-20/h6-7,10-11,15,18,21H,5,8-9H2,1-4H3. The molecule has 4 heteroatoms. The third-order valence-corrected chi connectivity index (χ3v) is 3.75. The van der Waals surface area contributed by atoms with Crippen LogP contribution < -0.4 is 5.32 Å². The first-order valence-corrected chi connectivity index (χ1v) is 7.51. The second-order valence-corrected chi connectivity index (χ2v) is 5.74. The average molecular weight is 287 g/mol. The highest BCUT2D eigenvalue weighted by Crippen LogP contribution is 2.24. The molecule has 2 N–H and O–H groups in total. The van der Waals surface area contributed by atoms with Crippen LogP contribution in [0.3, 0.4) is 0 Å². The molecule has 2 aromatic rings. The molecule has 0 spiro atoms. The summed E-state index contributed by atoms with van der Waals surface area (Å²) in [6.45, 7) is 10.0. The number of aromatic nitrogens is 2. The summed E-state index contributed by atoms with van der Waals surface area (Å²) in [6, 6.07) is 7.97. The first kappa shape index (κ1) is 15.6. The van der Waals surface area contributed by atoms with Gasteiger partial charge in [-0.2, -0.15) is 5.10 Å². The van der Waals surface area contributed by atoms with Crippen molar-refractivity contribution in [3.8, 4) is 5.75 Å². The SMILES string of the molecule is Cc1ccc(O)c(C(C)NCCCn2nc(C)cc2C)c1. The fourth-order valence-corrected chi connectivity index (χ4v) is 2.58. The minimum atomic E-state index is 0.144. The number of rotatable bonds is 6. The third-order valence-electron chi connectivity index (χ3n) is 3.75. The Morgan fingerprint density at radius 3 is 2.67 bits per heavy atom. The molecule has 1 aromatic carbocycles. The van der Waals surface area contributed by atoms with E-state index in [1.807, 2.05) is 30.7 Å². The fraction of sp³-hybridized carbons (Fsp3) is 0.471. The van der Waals surface area contributed by atoms with Gasteiger partial charge in [-0.25, -0.2) is 0 Å². The number of aromatic hydroxyl groups is 1. The van der Waals surface area contributed by atoms with E-state index in [1.54, 1.807) is 6.07 Å². The molecule has 1 heterocycles. The van der Waals surface area contributed by atoms with E-state index in [9.17, 15) is 5.11 Å². The lowest BCUT2D eigenvalue weighted by atomic mass is 10.0. The van der Waals surface area contributed by atoms with E-state index in [-0.39, 0.29) is 6.04 Å². The molecule has 0 amide bonds. The van der Waals surface area contributed by atoms with Crippen LogP contribution in [0.15, 0.2) is 24.3 Å². The van der Waals surface area contributed by atoms with Gasteiger partial charge in [-0.15, -0.1) is 0 Å². The van der Waals surface area contributed by atoms with Crippen molar-refractivity contribution in [3.63, 3.8) is 0 Å². The van der Waals surface area contributed by atoms with Gasteiger partial charge in [0.2, 0.25) is 0 Å². The molecule has 0 aliphatic carbocycles. The highest BCUT2D eigenvalue weighted by molar-refractivity contribution is 5.37. The van der Waals surface area contributed by atoms with Crippen molar-refractivity contribution in [1.29, 1.82) is 0 Å². The Morgan fingerprint density at radius 2 is 2.00 bits per heavy atom. The topological polar surface area (TPSA) is 50.1 Å². The van der Waals surface area contributed by atoms with Crippen LogP contribution in [0, 0.1) is 20.8 Å². The molecule has 1 aromatic heterocycles. The Balaban J connectivity index is 1.83. The molecule has 1 atom stereocenters. The van der Waals surface area contributed by atoms with Gasteiger partial charge in [0, 0.05) is 23.8 Å². The third kappa shape index (κ3) is 4.08. The summed E-state index contributed by atoms with van der Waals surface area (Å²) in [5, 5.41) is 17.8. The van der Waals surface area contributed by atoms with Crippen molar-refractivity contribution in [3.05, 3.63) is 46.8 Å². The molecular formula is C17H25N3O. The van der Waals surface area contributed by atoms with Crippen LogP contribution in [0.1, 0.15) is 41.9 Å². The Labute approximate surface area is 126 Å². The van der Waals surface area contributed by atoms with Gasteiger partial charge in [0.15, 0.2) is 0 Å². The summed E-state index contributed by atoms with van der Waals surface area (Å²) < 4.78 is 2.05. The molecule has 4 nitrogen and oxygen atoms in total. The van der Waals surface area contributed by atoms with Crippen LogP contribution in [0.2, 0.25) is 0 Å². The highest BCUT2D eigenvalue weighted by atomic mass is 16.3. The maximum atomic E-state index is 9.92. The van der Waals surface area contributed by atoms with Crippen molar-refractivity contribution in [2.24, 2.45) is 0 Å². The Hall–Kier alpha value is -1.81. The Morgan fingerprint density at radius 1 is 1.24 bits per heavy atom. The molecule has 0 radical (unpaired) electrons. The van der Waals surface area contributed by atoms with Gasteiger partial charge in [0.25, 0.3) is 0 Å². The monoisotopic (exact) mass is 287 g/mol. The predicted octanol–water partition coefficient (Wildman–Crippen LogP) is 3.25. The number of phenolic OH excluding ortho intramolecular Hbond substituents is 1. The molecule has 0 saturated carbocycles. The number of nitrogens with zero attached hydrogens (tertiary/aromatic N) is 2. The maximum Gasteiger partial charge on any atom is 0.120 e. The maximum absolute atomic E-state index is 9.92. The summed E-state index contributed by atoms with van der Waals surface area (Å²) in [5.74, 6) is 0.360. The molecule has 1 unspecified atom stereocenters. The van der Waals surface area contributed by atoms with Crippen molar-refractivity contribution in [2.75, 3.05) is 6.54 Å². The molecular weight excluding hydrogens is 262 g/mol.